The molecule has 0 aliphatic carbocycles. The van der Waals surface area contributed by atoms with Gasteiger partial charge in [-0.1, -0.05) is 91.0 Å². The molecule has 7 aromatic carbocycles. The summed E-state index contributed by atoms with van der Waals surface area (Å²) in [7, 11) is 0. The Morgan fingerprint density at radius 1 is 0.364 bits per heavy atom. The summed E-state index contributed by atoms with van der Waals surface area (Å²) in [5.41, 5.74) is 9.35. The monoisotopic (exact) mass is 562 g/mol. The summed E-state index contributed by atoms with van der Waals surface area (Å²) in [6, 6.07) is 44.2. The van der Waals surface area contributed by atoms with Gasteiger partial charge >= 0.3 is 0 Å². The van der Waals surface area contributed by atoms with Crippen LogP contribution in [0.1, 0.15) is 0 Å². The van der Waals surface area contributed by atoms with Gasteiger partial charge in [0.15, 0.2) is 0 Å². The zero-order valence-corrected chi connectivity index (χ0v) is 23.4. The van der Waals surface area contributed by atoms with E-state index in [1.54, 1.807) is 0 Å². The van der Waals surface area contributed by atoms with E-state index in [0.717, 1.165) is 88.1 Å². The minimum Gasteiger partial charge on any atom is -0.456 e. The van der Waals surface area contributed by atoms with Crippen LogP contribution in [-0.2, 0) is 0 Å². The molecule has 0 atom stereocenters. The lowest BCUT2D eigenvalue weighted by Crippen LogP contribution is -1.92. The van der Waals surface area contributed by atoms with Crippen molar-refractivity contribution in [2.75, 3.05) is 0 Å². The van der Waals surface area contributed by atoms with Gasteiger partial charge in [0.25, 0.3) is 0 Å². The highest BCUT2D eigenvalue weighted by Gasteiger charge is 2.15. The lowest BCUT2D eigenvalue weighted by Gasteiger charge is -2.11. The van der Waals surface area contributed by atoms with E-state index in [9.17, 15) is 0 Å². The SMILES string of the molecule is c1cc(-c2ccc3oc4cc5oc6ccccc6c5cc4c3c2)cc(-c2cnc3c4ccccc4c4ccccc4c3n2)c1. The van der Waals surface area contributed by atoms with E-state index in [4.69, 9.17) is 18.8 Å². The summed E-state index contributed by atoms with van der Waals surface area (Å²) < 4.78 is 12.4. The number of furan rings is 2. The van der Waals surface area contributed by atoms with Crippen molar-refractivity contribution in [1.29, 1.82) is 0 Å². The third kappa shape index (κ3) is 3.33. The molecule has 3 aromatic heterocycles. The Kier molecular flexibility index (Phi) is 4.69. The standard InChI is InChI=1S/C40H22N2O2/c1-3-13-29-26(10-1)27-11-2-4-14-30(27)40-39(29)41-22-34(42-40)25-9-7-8-23(18-25)24-16-17-36-31(19-24)33-20-32-28-12-5-6-15-35(28)43-37(32)21-38(33)44-36/h1-22H. The smallest absolute Gasteiger partial charge is 0.139 e. The van der Waals surface area contributed by atoms with Crippen LogP contribution in [0, 0.1) is 0 Å². The van der Waals surface area contributed by atoms with Crippen molar-refractivity contribution < 1.29 is 8.83 Å². The Hall–Kier alpha value is -6.00. The fourth-order valence-corrected chi connectivity index (χ4v) is 6.80. The number of nitrogens with zero attached hydrogens (tertiary/aromatic N) is 2. The topological polar surface area (TPSA) is 52.1 Å². The van der Waals surface area contributed by atoms with E-state index < -0.39 is 0 Å². The number of hydrogen-bond acceptors (Lipinski definition) is 4. The van der Waals surface area contributed by atoms with E-state index in [2.05, 4.69) is 103 Å². The van der Waals surface area contributed by atoms with E-state index in [1.807, 2.05) is 30.5 Å². The maximum atomic E-state index is 6.27. The van der Waals surface area contributed by atoms with Crippen LogP contribution in [0.3, 0.4) is 0 Å². The van der Waals surface area contributed by atoms with Gasteiger partial charge in [-0.25, -0.2) is 4.98 Å². The third-order valence-corrected chi connectivity index (χ3v) is 8.89. The first kappa shape index (κ1) is 23.6. The number of fused-ring (bicyclic) bond motifs is 12. The van der Waals surface area contributed by atoms with Crippen molar-refractivity contribution in [2.45, 2.75) is 0 Å². The minimum absolute atomic E-state index is 0.823. The van der Waals surface area contributed by atoms with Crippen molar-refractivity contribution >= 4 is 76.5 Å². The predicted molar refractivity (Wildman–Crippen MR) is 180 cm³/mol. The van der Waals surface area contributed by atoms with E-state index in [-0.39, 0.29) is 0 Å². The van der Waals surface area contributed by atoms with Crippen LogP contribution < -0.4 is 0 Å². The van der Waals surface area contributed by atoms with Crippen molar-refractivity contribution in [2.24, 2.45) is 0 Å². The van der Waals surface area contributed by atoms with E-state index in [1.165, 1.54) is 10.8 Å². The molecule has 0 unspecified atom stereocenters. The molecule has 44 heavy (non-hydrogen) atoms. The van der Waals surface area contributed by atoms with Crippen molar-refractivity contribution in [3.8, 4) is 22.4 Å². The minimum atomic E-state index is 0.823. The van der Waals surface area contributed by atoms with Gasteiger partial charge in [0.1, 0.15) is 22.3 Å². The fourth-order valence-electron chi connectivity index (χ4n) is 6.80. The second kappa shape index (κ2) is 8.76. The lowest BCUT2D eigenvalue weighted by atomic mass is 9.98. The summed E-state index contributed by atoms with van der Waals surface area (Å²) >= 11 is 0. The summed E-state index contributed by atoms with van der Waals surface area (Å²) in [5, 5.41) is 8.99. The highest BCUT2D eigenvalue weighted by molar-refractivity contribution is 6.23. The summed E-state index contributed by atoms with van der Waals surface area (Å²) in [6.07, 6.45) is 1.90. The van der Waals surface area contributed by atoms with Gasteiger partial charge < -0.3 is 8.83 Å². The lowest BCUT2D eigenvalue weighted by molar-refractivity contribution is 0.656. The predicted octanol–water partition coefficient (Wildman–Crippen LogP) is 11.1. The van der Waals surface area contributed by atoms with E-state index >= 15 is 0 Å². The largest absolute Gasteiger partial charge is 0.456 e. The zero-order valence-electron chi connectivity index (χ0n) is 23.4. The average Bonchev–Trinajstić information content (AvgIpc) is 3.64. The Balaban J connectivity index is 1.13. The number of para-hydroxylation sites is 1. The summed E-state index contributed by atoms with van der Waals surface area (Å²) in [4.78, 5) is 10.2. The van der Waals surface area contributed by atoms with Gasteiger partial charge in [-0.05, 0) is 52.2 Å². The normalized spacial score (nSPS) is 12.1. The molecule has 0 amide bonds. The molecule has 4 heteroatoms. The second-order valence-electron chi connectivity index (χ2n) is 11.4. The molecule has 4 nitrogen and oxygen atoms in total. The van der Waals surface area contributed by atoms with Gasteiger partial charge in [-0.15, -0.1) is 0 Å². The molecule has 3 heterocycles. The van der Waals surface area contributed by atoms with Gasteiger partial charge in [0.05, 0.1) is 22.9 Å². The van der Waals surface area contributed by atoms with Crippen LogP contribution in [0.2, 0.25) is 0 Å². The fraction of sp³-hybridized carbons (Fsp3) is 0. The van der Waals surface area contributed by atoms with Gasteiger partial charge in [-0.3, -0.25) is 4.98 Å². The maximum Gasteiger partial charge on any atom is 0.139 e. The number of rotatable bonds is 2. The highest BCUT2D eigenvalue weighted by atomic mass is 16.3. The van der Waals surface area contributed by atoms with Gasteiger partial charge in [0, 0.05) is 43.9 Å². The van der Waals surface area contributed by atoms with Crippen LogP contribution in [0.5, 0.6) is 0 Å². The van der Waals surface area contributed by atoms with Crippen LogP contribution >= 0.6 is 0 Å². The van der Waals surface area contributed by atoms with Crippen LogP contribution in [0.15, 0.2) is 142 Å². The molecule has 10 rings (SSSR count). The molecule has 0 bridgehead atoms. The molecular formula is C40H22N2O2. The number of benzene rings is 7. The Bertz CT molecular complexity index is 2750. The Labute approximate surface area is 250 Å². The Morgan fingerprint density at radius 2 is 0.955 bits per heavy atom. The molecule has 204 valence electrons. The molecule has 0 aliphatic rings. The molecule has 0 saturated heterocycles. The van der Waals surface area contributed by atoms with E-state index in [0.29, 0.717) is 0 Å². The molecule has 0 radical (unpaired) electrons. The maximum absolute atomic E-state index is 6.27. The average molecular weight is 563 g/mol. The number of hydrogen-bond donors (Lipinski definition) is 0. The third-order valence-electron chi connectivity index (χ3n) is 8.89. The second-order valence-corrected chi connectivity index (χ2v) is 11.4. The van der Waals surface area contributed by atoms with Gasteiger partial charge in [0.2, 0.25) is 0 Å². The van der Waals surface area contributed by atoms with Crippen molar-refractivity contribution in [3.63, 3.8) is 0 Å². The molecular weight excluding hydrogens is 540 g/mol. The molecule has 0 N–H and O–H groups in total. The highest BCUT2D eigenvalue weighted by Crippen LogP contribution is 2.39. The van der Waals surface area contributed by atoms with Crippen LogP contribution in [0.4, 0.5) is 0 Å². The molecule has 0 spiro atoms. The van der Waals surface area contributed by atoms with Gasteiger partial charge in [-0.2, -0.15) is 0 Å². The molecule has 0 fully saturated rings. The molecule has 0 aliphatic heterocycles. The first-order valence-electron chi connectivity index (χ1n) is 14.7. The summed E-state index contributed by atoms with van der Waals surface area (Å²) in [5.74, 6) is 0. The molecule has 10 aromatic rings. The Morgan fingerprint density at radius 3 is 1.75 bits per heavy atom. The van der Waals surface area contributed by atoms with Crippen LogP contribution in [0.25, 0.3) is 98.8 Å². The number of aromatic nitrogens is 2. The first-order valence-corrected chi connectivity index (χ1v) is 14.7. The summed E-state index contributed by atoms with van der Waals surface area (Å²) in [6.45, 7) is 0. The van der Waals surface area contributed by atoms with Crippen molar-refractivity contribution in [1.82, 2.24) is 9.97 Å². The quantitative estimate of drug-likeness (QED) is 0.197. The molecule has 0 saturated carbocycles. The first-order chi connectivity index (χ1) is 21.8. The van der Waals surface area contributed by atoms with Crippen LogP contribution in [-0.4, -0.2) is 9.97 Å². The zero-order chi connectivity index (χ0) is 28.8. The van der Waals surface area contributed by atoms with Crippen molar-refractivity contribution in [3.05, 3.63) is 134 Å².